The SMILES string of the molecule is O=C(Cl)C(Br)(Br)C(Br)CCCCC(Br)(Br)Br. The summed E-state index contributed by atoms with van der Waals surface area (Å²) >= 11 is 25.7. The molecule has 8 heteroatoms. The fourth-order valence-electron chi connectivity index (χ4n) is 0.953. The van der Waals surface area contributed by atoms with Crippen molar-refractivity contribution in [2.24, 2.45) is 0 Å². The lowest BCUT2D eigenvalue weighted by Gasteiger charge is -2.22. The van der Waals surface area contributed by atoms with E-state index >= 15 is 0 Å². The first-order valence-corrected chi connectivity index (χ1v) is 9.62. The predicted octanol–water partition coefficient (Wildman–Crippen LogP) is 6.40. The maximum Gasteiger partial charge on any atom is 0.250 e. The Kier molecular flexibility index (Phi) is 9.65. The van der Waals surface area contributed by atoms with E-state index in [1.807, 2.05) is 0 Å². The van der Waals surface area contributed by atoms with Gasteiger partial charge in [-0.2, -0.15) is 0 Å². The summed E-state index contributed by atoms with van der Waals surface area (Å²) in [6, 6.07) is 0. The van der Waals surface area contributed by atoms with Crippen LogP contribution in [0.1, 0.15) is 25.7 Å². The molecule has 0 aromatic rings. The van der Waals surface area contributed by atoms with E-state index < -0.39 is 8.48 Å². The van der Waals surface area contributed by atoms with Crippen LogP contribution in [0.25, 0.3) is 0 Å². The summed E-state index contributed by atoms with van der Waals surface area (Å²) in [5.74, 6) is 0. The van der Waals surface area contributed by atoms with Crippen LogP contribution in [0, 0.1) is 0 Å². The zero-order chi connectivity index (χ0) is 13.0. The van der Waals surface area contributed by atoms with Crippen LogP contribution >= 0.6 is 107 Å². The number of carbonyl (C=O) groups excluding carboxylic acids is 1. The maximum absolute atomic E-state index is 11.1. The molecule has 0 aliphatic rings. The van der Waals surface area contributed by atoms with Crippen molar-refractivity contribution in [1.29, 1.82) is 0 Å². The minimum Gasteiger partial charge on any atom is -0.279 e. The average molecular weight is 636 g/mol. The molecule has 0 aromatic heterocycles. The van der Waals surface area contributed by atoms with Crippen LogP contribution in [0.5, 0.6) is 0 Å². The maximum atomic E-state index is 11.1. The summed E-state index contributed by atoms with van der Waals surface area (Å²) in [7, 11) is 0. The first-order chi connectivity index (χ1) is 7.07. The van der Waals surface area contributed by atoms with Gasteiger partial charge in [-0.15, -0.1) is 0 Å². The Balaban J connectivity index is 3.91. The zero-order valence-electron chi connectivity index (χ0n) is 7.96. The minimum absolute atomic E-state index is 0.0413. The van der Waals surface area contributed by atoms with E-state index in [4.69, 9.17) is 11.6 Å². The molecule has 0 spiro atoms. The first kappa shape index (κ1) is 18.8. The second-order valence-corrected chi connectivity index (χ2v) is 15.5. The Morgan fingerprint density at radius 1 is 1.12 bits per heavy atom. The van der Waals surface area contributed by atoms with E-state index in [0.29, 0.717) is 0 Å². The van der Waals surface area contributed by atoms with Crippen LogP contribution in [0.2, 0.25) is 0 Å². The van der Waals surface area contributed by atoms with Gasteiger partial charge in [-0.25, -0.2) is 0 Å². The van der Waals surface area contributed by atoms with Gasteiger partial charge in [0.05, 0.1) is 0 Å². The van der Waals surface area contributed by atoms with Crippen molar-refractivity contribution in [2.45, 2.75) is 35.9 Å². The van der Waals surface area contributed by atoms with E-state index in [1.165, 1.54) is 0 Å². The van der Waals surface area contributed by atoms with Gasteiger partial charge in [0, 0.05) is 4.83 Å². The molecular weight excluding hydrogens is 627 g/mol. The molecule has 0 radical (unpaired) electrons. The van der Waals surface area contributed by atoms with E-state index in [-0.39, 0.29) is 6.97 Å². The largest absolute Gasteiger partial charge is 0.279 e. The highest BCUT2D eigenvalue weighted by atomic mass is 80.0. The van der Waals surface area contributed by atoms with Gasteiger partial charge in [-0.05, 0) is 24.4 Å². The fraction of sp³-hybridized carbons (Fsp3) is 0.875. The summed E-state index contributed by atoms with van der Waals surface area (Å²) in [5.41, 5.74) is 0. The number of hydrogen-bond donors (Lipinski definition) is 0. The van der Waals surface area contributed by atoms with Crippen LogP contribution in [-0.2, 0) is 4.79 Å². The Bertz CT molecular complexity index is 239. The lowest BCUT2D eigenvalue weighted by Crippen LogP contribution is -2.31. The molecule has 1 unspecified atom stereocenters. The molecule has 0 aliphatic carbocycles. The molecule has 0 rings (SSSR count). The van der Waals surface area contributed by atoms with Gasteiger partial charge in [0.1, 0.15) is 2.14 Å². The smallest absolute Gasteiger partial charge is 0.250 e. The van der Waals surface area contributed by atoms with Gasteiger partial charge in [-0.1, -0.05) is 108 Å². The third-order valence-corrected chi connectivity index (χ3v) is 7.97. The summed E-state index contributed by atoms with van der Waals surface area (Å²) in [4.78, 5) is 11.1. The van der Waals surface area contributed by atoms with E-state index in [1.54, 1.807) is 0 Å². The van der Waals surface area contributed by atoms with E-state index in [2.05, 4.69) is 95.6 Å². The Morgan fingerprint density at radius 3 is 2.00 bits per heavy atom. The first-order valence-electron chi connectivity index (χ1n) is 4.36. The van der Waals surface area contributed by atoms with Crippen molar-refractivity contribution in [2.75, 3.05) is 0 Å². The zero-order valence-corrected chi connectivity index (χ0v) is 18.2. The molecule has 0 fully saturated rings. The van der Waals surface area contributed by atoms with Gasteiger partial charge in [0.25, 0.3) is 0 Å². The van der Waals surface area contributed by atoms with Crippen molar-refractivity contribution in [3.8, 4) is 0 Å². The Hall–Kier alpha value is 2.84. The molecule has 0 N–H and O–H groups in total. The van der Waals surface area contributed by atoms with Crippen LogP contribution in [0.3, 0.4) is 0 Å². The molecule has 96 valence electrons. The molecule has 0 heterocycles. The number of hydrogen-bond acceptors (Lipinski definition) is 1. The molecule has 0 saturated heterocycles. The number of unbranched alkanes of at least 4 members (excludes halogenated alkanes) is 1. The van der Waals surface area contributed by atoms with Crippen LogP contribution < -0.4 is 0 Å². The summed E-state index contributed by atoms with van der Waals surface area (Å²) < 4.78 is -1.06. The van der Waals surface area contributed by atoms with Gasteiger partial charge >= 0.3 is 0 Å². The lowest BCUT2D eigenvalue weighted by atomic mass is 10.1. The second-order valence-electron chi connectivity index (χ2n) is 3.23. The summed E-state index contributed by atoms with van der Waals surface area (Å²) in [6.07, 6.45) is 3.80. The molecule has 16 heavy (non-hydrogen) atoms. The van der Waals surface area contributed by atoms with Crippen LogP contribution in [0.4, 0.5) is 0 Å². The monoisotopic (exact) mass is 630 g/mol. The Morgan fingerprint density at radius 2 is 1.62 bits per heavy atom. The molecule has 0 amide bonds. The summed E-state index contributed by atoms with van der Waals surface area (Å²) in [6.45, 7) is 0. The van der Waals surface area contributed by atoms with E-state index in [9.17, 15) is 4.79 Å². The van der Waals surface area contributed by atoms with Gasteiger partial charge in [0.2, 0.25) is 5.24 Å². The lowest BCUT2D eigenvalue weighted by molar-refractivity contribution is -0.111. The van der Waals surface area contributed by atoms with Crippen LogP contribution in [0.15, 0.2) is 0 Å². The van der Waals surface area contributed by atoms with Gasteiger partial charge in [-0.3, -0.25) is 4.79 Å². The quantitative estimate of drug-likeness (QED) is 0.188. The number of carbonyl (C=O) groups is 1. The number of halogens is 7. The highest BCUT2D eigenvalue weighted by molar-refractivity contribution is 9.39. The third kappa shape index (κ3) is 8.10. The van der Waals surface area contributed by atoms with Crippen molar-refractivity contribution in [3.63, 3.8) is 0 Å². The standard InChI is InChI=1S/C8H9Br6ClO/c9-5(8(13,14)6(15)16)3-1-2-4-7(10,11)12/h5H,1-4H2. The van der Waals surface area contributed by atoms with Crippen LogP contribution in [-0.4, -0.2) is 15.4 Å². The number of alkyl halides is 6. The summed E-state index contributed by atoms with van der Waals surface area (Å²) in [5, 5.41) is -0.454. The average Bonchev–Trinajstić information content (AvgIpc) is 2.10. The van der Waals surface area contributed by atoms with E-state index in [0.717, 1.165) is 25.7 Å². The number of rotatable bonds is 6. The topological polar surface area (TPSA) is 17.1 Å². The fourth-order valence-corrected chi connectivity index (χ4v) is 3.05. The van der Waals surface area contributed by atoms with Crippen molar-refractivity contribution >= 4 is 112 Å². The second kappa shape index (κ2) is 8.20. The normalized spacial score (nSPS) is 14.9. The molecule has 1 nitrogen and oxygen atoms in total. The molecule has 0 aromatic carbocycles. The van der Waals surface area contributed by atoms with Crippen molar-refractivity contribution < 1.29 is 4.79 Å². The Labute approximate surface area is 151 Å². The predicted molar refractivity (Wildman–Crippen MR) is 92.1 cm³/mol. The molecule has 0 saturated carbocycles. The van der Waals surface area contributed by atoms with Crippen molar-refractivity contribution in [3.05, 3.63) is 0 Å². The molecular formula is C8H9Br6ClO. The minimum atomic E-state index is -0.879. The van der Waals surface area contributed by atoms with Gasteiger partial charge < -0.3 is 0 Å². The highest BCUT2D eigenvalue weighted by Gasteiger charge is 2.38. The third-order valence-electron chi connectivity index (χ3n) is 1.82. The highest BCUT2D eigenvalue weighted by Crippen LogP contribution is 2.41. The molecule has 0 bridgehead atoms. The molecule has 0 aliphatic heterocycles. The molecule has 1 atom stereocenters. The van der Waals surface area contributed by atoms with Gasteiger partial charge in [0.15, 0.2) is 3.23 Å². The van der Waals surface area contributed by atoms with Crippen molar-refractivity contribution in [1.82, 2.24) is 0 Å².